The second-order valence-electron chi connectivity index (χ2n) is 6.01. The Bertz CT molecular complexity index is 554. The van der Waals surface area contributed by atoms with E-state index in [1.54, 1.807) is 0 Å². The van der Waals surface area contributed by atoms with Crippen molar-refractivity contribution in [2.45, 2.75) is 32.7 Å². The molecule has 2 rings (SSSR count). The molecule has 0 saturated carbocycles. The lowest BCUT2D eigenvalue weighted by Gasteiger charge is -2.26. The third-order valence-electron chi connectivity index (χ3n) is 3.02. The van der Waals surface area contributed by atoms with Crippen LogP contribution in [0.4, 0.5) is 0 Å². The molecule has 0 aliphatic heterocycles. The number of hydrogen-bond acceptors (Lipinski definition) is 4. The zero-order valence-electron chi connectivity index (χ0n) is 12.2. The van der Waals surface area contributed by atoms with Crippen LogP contribution in [0.2, 0.25) is 0 Å². The number of nitrogens with two attached hydrogens (primary N) is 1. The minimum absolute atomic E-state index is 0.151. The van der Waals surface area contributed by atoms with Crippen molar-refractivity contribution >= 4 is 11.1 Å². The zero-order chi connectivity index (χ0) is 14.0. The molecule has 0 atom stereocenters. The van der Waals surface area contributed by atoms with Gasteiger partial charge in [-0.2, -0.15) is 0 Å². The molecule has 4 nitrogen and oxygen atoms in total. The first-order chi connectivity index (χ1) is 8.83. The molecule has 1 aromatic carbocycles. The van der Waals surface area contributed by atoms with E-state index < -0.39 is 0 Å². The number of aryl methyl sites for hydroxylation is 1. The van der Waals surface area contributed by atoms with E-state index in [1.165, 1.54) is 5.56 Å². The number of likely N-dealkylation sites (N-methyl/N-ethyl adjacent to an activating group) is 1. The SMILES string of the molecule is Cc1nc2cc(CCN(C)CC(C)(C)N)ccc2o1. The van der Waals surface area contributed by atoms with E-state index >= 15 is 0 Å². The van der Waals surface area contributed by atoms with Crippen molar-refractivity contribution in [3.8, 4) is 0 Å². The van der Waals surface area contributed by atoms with Gasteiger partial charge in [0.05, 0.1) is 0 Å². The van der Waals surface area contributed by atoms with Gasteiger partial charge in [-0.3, -0.25) is 0 Å². The molecule has 0 unspecified atom stereocenters. The fourth-order valence-corrected chi connectivity index (χ4v) is 2.34. The van der Waals surface area contributed by atoms with E-state index in [0.29, 0.717) is 5.89 Å². The van der Waals surface area contributed by atoms with Crippen molar-refractivity contribution in [1.82, 2.24) is 9.88 Å². The highest BCUT2D eigenvalue weighted by Crippen LogP contribution is 2.17. The number of oxazole rings is 1. The quantitative estimate of drug-likeness (QED) is 0.897. The normalized spacial score (nSPS) is 12.5. The Hall–Kier alpha value is -1.39. The van der Waals surface area contributed by atoms with Gasteiger partial charge in [0.25, 0.3) is 0 Å². The summed E-state index contributed by atoms with van der Waals surface area (Å²) in [5.74, 6) is 0.717. The van der Waals surface area contributed by atoms with Crippen LogP contribution in [0.15, 0.2) is 22.6 Å². The predicted molar refractivity (Wildman–Crippen MR) is 78.2 cm³/mol. The lowest BCUT2D eigenvalue weighted by atomic mass is 10.1. The van der Waals surface area contributed by atoms with Crippen molar-refractivity contribution in [3.63, 3.8) is 0 Å². The van der Waals surface area contributed by atoms with Crippen molar-refractivity contribution in [3.05, 3.63) is 29.7 Å². The van der Waals surface area contributed by atoms with Gasteiger partial charge in [-0.05, 0) is 45.0 Å². The lowest BCUT2D eigenvalue weighted by molar-refractivity contribution is 0.273. The van der Waals surface area contributed by atoms with E-state index in [1.807, 2.05) is 26.8 Å². The Morgan fingerprint density at radius 1 is 1.37 bits per heavy atom. The summed E-state index contributed by atoms with van der Waals surface area (Å²) in [6, 6.07) is 6.21. The Kier molecular flexibility index (Phi) is 3.92. The molecule has 1 aromatic heterocycles. The number of aromatic nitrogens is 1. The molecule has 0 spiro atoms. The van der Waals surface area contributed by atoms with Gasteiger partial charge in [0.2, 0.25) is 0 Å². The first-order valence-electron chi connectivity index (χ1n) is 6.67. The molecule has 0 fully saturated rings. The Morgan fingerprint density at radius 2 is 2.11 bits per heavy atom. The number of nitrogens with zero attached hydrogens (tertiary/aromatic N) is 2. The van der Waals surface area contributed by atoms with Crippen molar-refractivity contribution in [1.29, 1.82) is 0 Å². The Balaban J connectivity index is 1.97. The summed E-state index contributed by atoms with van der Waals surface area (Å²) in [6.07, 6.45) is 0.994. The molecule has 19 heavy (non-hydrogen) atoms. The molecule has 1 heterocycles. The monoisotopic (exact) mass is 261 g/mol. The molecule has 2 N–H and O–H groups in total. The van der Waals surface area contributed by atoms with Crippen LogP contribution >= 0.6 is 0 Å². The number of hydrogen-bond donors (Lipinski definition) is 1. The lowest BCUT2D eigenvalue weighted by Crippen LogP contribution is -2.44. The molecule has 2 aromatic rings. The Morgan fingerprint density at radius 3 is 2.79 bits per heavy atom. The average molecular weight is 261 g/mol. The van der Waals surface area contributed by atoms with Crippen LogP contribution in [-0.4, -0.2) is 35.6 Å². The number of fused-ring (bicyclic) bond motifs is 1. The van der Waals surface area contributed by atoms with Crippen LogP contribution in [0.1, 0.15) is 25.3 Å². The zero-order valence-corrected chi connectivity index (χ0v) is 12.2. The van der Waals surface area contributed by atoms with E-state index in [2.05, 4.69) is 29.1 Å². The summed E-state index contributed by atoms with van der Waals surface area (Å²) in [5.41, 5.74) is 8.95. The molecule has 0 aliphatic rings. The molecule has 0 bridgehead atoms. The van der Waals surface area contributed by atoms with Crippen molar-refractivity contribution < 1.29 is 4.42 Å². The van der Waals surface area contributed by atoms with Gasteiger partial charge >= 0.3 is 0 Å². The molecular weight excluding hydrogens is 238 g/mol. The third kappa shape index (κ3) is 4.04. The first kappa shape index (κ1) is 14.0. The van der Waals surface area contributed by atoms with E-state index in [4.69, 9.17) is 10.2 Å². The van der Waals surface area contributed by atoms with Crippen LogP contribution in [0.25, 0.3) is 11.1 Å². The molecule has 4 heteroatoms. The molecule has 0 amide bonds. The molecule has 0 aliphatic carbocycles. The van der Waals surface area contributed by atoms with E-state index in [-0.39, 0.29) is 5.54 Å². The molecule has 0 saturated heterocycles. The van der Waals surface area contributed by atoms with Gasteiger partial charge in [0, 0.05) is 25.6 Å². The van der Waals surface area contributed by atoms with Gasteiger partial charge in [-0.15, -0.1) is 0 Å². The van der Waals surface area contributed by atoms with Crippen molar-refractivity contribution in [2.75, 3.05) is 20.1 Å². The predicted octanol–water partition coefficient (Wildman–Crippen LogP) is 2.35. The van der Waals surface area contributed by atoms with Crippen LogP contribution in [0.5, 0.6) is 0 Å². The molecule has 104 valence electrons. The van der Waals surface area contributed by atoms with E-state index in [9.17, 15) is 0 Å². The molecule has 0 radical (unpaired) electrons. The van der Waals surface area contributed by atoms with Gasteiger partial charge < -0.3 is 15.1 Å². The summed E-state index contributed by atoms with van der Waals surface area (Å²) in [6.45, 7) is 7.85. The number of benzene rings is 1. The van der Waals surface area contributed by atoms with E-state index in [0.717, 1.165) is 30.6 Å². The van der Waals surface area contributed by atoms with Gasteiger partial charge in [-0.1, -0.05) is 6.07 Å². The minimum Gasteiger partial charge on any atom is -0.441 e. The summed E-state index contributed by atoms with van der Waals surface area (Å²) in [5, 5.41) is 0. The van der Waals surface area contributed by atoms with Crippen molar-refractivity contribution in [2.24, 2.45) is 5.73 Å². The highest BCUT2D eigenvalue weighted by Gasteiger charge is 2.13. The standard InChI is InChI=1S/C15H23N3O/c1-11-17-13-9-12(5-6-14(13)19-11)7-8-18(4)10-15(2,3)16/h5-6,9H,7-8,10,16H2,1-4H3. The maximum absolute atomic E-state index is 6.02. The van der Waals surface area contributed by atoms with Gasteiger partial charge in [0.1, 0.15) is 5.52 Å². The topological polar surface area (TPSA) is 55.3 Å². The van der Waals surface area contributed by atoms with Crippen LogP contribution in [-0.2, 0) is 6.42 Å². The van der Waals surface area contributed by atoms with Crippen LogP contribution in [0, 0.1) is 6.92 Å². The third-order valence-corrected chi connectivity index (χ3v) is 3.02. The summed E-state index contributed by atoms with van der Waals surface area (Å²) in [7, 11) is 2.10. The first-order valence-corrected chi connectivity index (χ1v) is 6.67. The summed E-state index contributed by atoms with van der Waals surface area (Å²) in [4.78, 5) is 6.62. The van der Waals surface area contributed by atoms with Crippen LogP contribution < -0.4 is 5.73 Å². The second kappa shape index (κ2) is 5.31. The smallest absolute Gasteiger partial charge is 0.192 e. The largest absolute Gasteiger partial charge is 0.441 e. The summed E-state index contributed by atoms with van der Waals surface area (Å²) < 4.78 is 5.48. The minimum atomic E-state index is -0.151. The molecular formula is C15H23N3O. The number of rotatable bonds is 5. The fourth-order valence-electron chi connectivity index (χ4n) is 2.34. The van der Waals surface area contributed by atoms with Crippen LogP contribution in [0.3, 0.4) is 0 Å². The second-order valence-corrected chi connectivity index (χ2v) is 6.01. The Labute approximate surface area is 114 Å². The summed E-state index contributed by atoms with van der Waals surface area (Å²) >= 11 is 0. The average Bonchev–Trinajstić information content (AvgIpc) is 2.63. The maximum atomic E-state index is 6.02. The highest BCUT2D eigenvalue weighted by molar-refractivity contribution is 5.73. The maximum Gasteiger partial charge on any atom is 0.192 e. The van der Waals surface area contributed by atoms with Gasteiger partial charge in [-0.25, -0.2) is 4.98 Å². The van der Waals surface area contributed by atoms with Gasteiger partial charge in [0.15, 0.2) is 11.5 Å². The fraction of sp³-hybridized carbons (Fsp3) is 0.533. The highest BCUT2D eigenvalue weighted by atomic mass is 16.3.